The van der Waals surface area contributed by atoms with E-state index in [2.05, 4.69) is 10.5 Å². The third-order valence-corrected chi connectivity index (χ3v) is 4.87. The fourth-order valence-electron chi connectivity index (χ4n) is 2.73. The van der Waals surface area contributed by atoms with Crippen LogP contribution in [0, 0.1) is 0 Å². The summed E-state index contributed by atoms with van der Waals surface area (Å²) < 4.78 is 0. The second-order valence-corrected chi connectivity index (χ2v) is 6.70. The highest BCUT2D eigenvalue weighted by Crippen LogP contribution is 2.27. The zero-order chi connectivity index (χ0) is 17.8. The number of carbonyl (C=O) groups is 1. The Morgan fingerprint density at radius 3 is 2.62 bits per heavy atom. The minimum absolute atomic E-state index is 0.280. The normalized spacial score (nSPS) is 10.8. The molecule has 0 bridgehead atoms. The molecule has 2 heterocycles. The van der Waals surface area contributed by atoms with Gasteiger partial charge in [-0.15, -0.1) is 11.3 Å². The lowest BCUT2D eigenvalue weighted by Crippen LogP contribution is -2.24. The first-order valence-corrected chi connectivity index (χ1v) is 9.09. The standard InChI is InChI=1S/C21H16N2O2S/c24-21(23-25-14-15-7-2-1-3-8-15)17-13-19(20-11-6-12-26-20)22-18-10-5-4-9-16(17)18/h1-13H,14H2,(H,23,24). The zero-order valence-electron chi connectivity index (χ0n) is 13.9. The van der Waals surface area contributed by atoms with Gasteiger partial charge in [-0.3, -0.25) is 9.63 Å². The summed E-state index contributed by atoms with van der Waals surface area (Å²) in [7, 11) is 0. The van der Waals surface area contributed by atoms with Crippen LogP contribution in [-0.2, 0) is 11.4 Å². The first-order chi connectivity index (χ1) is 12.8. The van der Waals surface area contributed by atoms with Crippen LogP contribution in [0.2, 0.25) is 0 Å². The number of nitrogens with one attached hydrogen (secondary N) is 1. The van der Waals surface area contributed by atoms with Crippen LogP contribution in [0.15, 0.2) is 78.2 Å². The molecule has 1 N–H and O–H groups in total. The van der Waals surface area contributed by atoms with Crippen molar-refractivity contribution >= 4 is 28.1 Å². The second-order valence-electron chi connectivity index (χ2n) is 5.75. The van der Waals surface area contributed by atoms with Gasteiger partial charge in [0.05, 0.1) is 28.3 Å². The maximum atomic E-state index is 12.7. The van der Waals surface area contributed by atoms with Gasteiger partial charge in [0.1, 0.15) is 0 Å². The number of thiophene rings is 1. The Bertz CT molecular complexity index is 1030. The molecule has 4 aromatic rings. The molecule has 4 nitrogen and oxygen atoms in total. The maximum absolute atomic E-state index is 12.7. The van der Waals surface area contributed by atoms with Crippen molar-refractivity contribution in [3.8, 4) is 10.6 Å². The van der Waals surface area contributed by atoms with Crippen molar-refractivity contribution in [3.63, 3.8) is 0 Å². The van der Waals surface area contributed by atoms with Crippen LogP contribution in [0.4, 0.5) is 0 Å². The Morgan fingerprint density at radius 2 is 1.81 bits per heavy atom. The second kappa shape index (κ2) is 7.47. The molecule has 1 amide bonds. The molecule has 0 aliphatic rings. The van der Waals surface area contributed by atoms with Gasteiger partial charge in [-0.2, -0.15) is 0 Å². The van der Waals surface area contributed by atoms with E-state index in [1.165, 1.54) is 0 Å². The third-order valence-electron chi connectivity index (χ3n) is 3.98. The molecule has 2 aromatic carbocycles. The van der Waals surface area contributed by atoms with Crippen LogP contribution in [-0.4, -0.2) is 10.9 Å². The topological polar surface area (TPSA) is 51.2 Å². The maximum Gasteiger partial charge on any atom is 0.275 e. The SMILES string of the molecule is O=C(NOCc1ccccc1)c1cc(-c2cccs2)nc2ccccc12. The fourth-order valence-corrected chi connectivity index (χ4v) is 3.41. The van der Waals surface area contributed by atoms with Gasteiger partial charge in [-0.05, 0) is 29.1 Å². The number of benzene rings is 2. The average molecular weight is 360 g/mol. The molecule has 0 fully saturated rings. The van der Waals surface area contributed by atoms with Crippen LogP contribution in [0.5, 0.6) is 0 Å². The number of hydrogen-bond donors (Lipinski definition) is 1. The fraction of sp³-hybridized carbons (Fsp3) is 0.0476. The zero-order valence-corrected chi connectivity index (χ0v) is 14.7. The van der Waals surface area contributed by atoms with Gasteiger partial charge in [-0.25, -0.2) is 10.5 Å². The van der Waals surface area contributed by atoms with E-state index in [1.54, 1.807) is 11.3 Å². The monoisotopic (exact) mass is 360 g/mol. The van der Waals surface area contributed by atoms with Crippen molar-refractivity contribution in [1.82, 2.24) is 10.5 Å². The summed E-state index contributed by atoms with van der Waals surface area (Å²) in [6.45, 7) is 0.313. The first-order valence-electron chi connectivity index (χ1n) is 8.21. The summed E-state index contributed by atoms with van der Waals surface area (Å²) >= 11 is 1.59. The number of nitrogens with zero attached hydrogens (tertiary/aromatic N) is 1. The Morgan fingerprint density at radius 1 is 1.00 bits per heavy atom. The van der Waals surface area contributed by atoms with Crippen molar-refractivity contribution in [2.24, 2.45) is 0 Å². The van der Waals surface area contributed by atoms with Gasteiger partial charge in [0.25, 0.3) is 5.91 Å². The highest BCUT2D eigenvalue weighted by atomic mass is 32.1. The van der Waals surface area contributed by atoms with Crippen LogP contribution >= 0.6 is 11.3 Å². The third kappa shape index (κ3) is 3.49. The molecule has 0 unspecified atom stereocenters. The molecular formula is C21H16N2O2S. The lowest BCUT2D eigenvalue weighted by atomic mass is 10.1. The lowest BCUT2D eigenvalue weighted by Gasteiger charge is -2.10. The van der Waals surface area contributed by atoms with E-state index >= 15 is 0 Å². The largest absolute Gasteiger partial charge is 0.275 e. The van der Waals surface area contributed by atoms with Crippen molar-refractivity contribution in [2.75, 3.05) is 0 Å². The van der Waals surface area contributed by atoms with E-state index in [0.717, 1.165) is 27.0 Å². The van der Waals surface area contributed by atoms with Gasteiger partial charge >= 0.3 is 0 Å². The molecule has 0 radical (unpaired) electrons. The first kappa shape index (κ1) is 16.4. The molecule has 0 aliphatic heterocycles. The molecule has 0 saturated carbocycles. The lowest BCUT2D eigenvalue weighted by molar-refractivity contribution is 0.0235. The number of pyridine rings is 1. The molecule has 26 heavy (non-hydrogen) atoms. The van der Waals surface area contributed by atoms with Gasteiger partial charge in [0, 0.05) is 5.39 Å². The highest BCUT2D eigenvalue weighted by molar-refractivity contribution is 7.13. The van der Waals surface area contributed by atoms with E-state index in [0.29, 0.717) is 12.2 Å². The Kier molecular flexibility index (Phi) is 4.73. The summed E-state index contributed by atoms with van der Waals surface area (Å²) in [5, 5.41) is 2.79. The predicted molar refractivity (Wildman–Crippen MR) is 104 cm³/mol. The van der Waals surface area contributed by atoms with Crippen molar-refractivity contribution < 1.29 is 9.63 Å². The Hall–Kier alpha value is -3.02. The van der Waals surface area contributed by atoms with E-state index in [1.807, 2.05) is 78.2 Å². The smallest absolute Gasteiger partial charge is 0.269 e. The van der Waals surface area contributed by atoms with Crippen LogP contribution in [0.3, 0.4) is 0 Å². The van der Waals surface area contributed by atoms with Crippen molar-refractivity contribution in [1.29, 1.82) is 0 Å². The minimum Gasteiger partial charge on any atom is -0.269 e. The van der Waals surface area contributed by atoms with E-state index < -0.39 is 0 Å². The van der Waals surface area contributed by atoms with Gasteiger partial charge in [0.15, 0.2) is 0 Å². The molecule has 4 rings (SSSR count). The molecule has 0 atom stereocenters. The summed E-state index contributed by atoms with van der Waals surface area (Å²) in [5.41, 5.74) is 5.66. The summed E-state index contributed by atoms with van der Waals surface area (Å²) in [5.74, 6) is -0.280. The molecule has 2 aromatic heterocycles. The molecule has 0 spiro atoms. The molecule has 0 aliphatic carbocycles. The minimum atomic E-state index is -0.280. The number of aromatic nitrogens is 1. The van der Waals surface area contributed by atoms with E-state index in [4.69, 9.17) is 4.84 Å². The number of rotatable bonds is 5. The van der Waals surface area contributed by atoms with E-state index in [9.17, 15) is 4.79 Å². The Labute approximate surface area is 155 Å². The predicted octanol–water partition coefficient (Wildman–Crippen LogP) is 4.82. The Balaban J connectivity index is 1.61. The number of para-hydroxylation sites is 1. The average Bonchev–Trinajstić information content (AvgIpc) is 3.23. The van der Waals surface area contributed by atoms with Gasteiger partial charge in [-0.1, -0.05) is 54.6 Å². The summed E-state index contributed by atoms with van der Waals surface area (Å²) in [6.07, 6.45) is 0. The molecule has 5 heteroatoms. The van der Waals surface area contributed by atoms with Crippen molar-refractivity contribution in [2.45, 2.75) is 6.61 Å². The van der Waals surface area contributed by atoms with Crippen molar-refractivity contribution in [3.05, 3.63) is 89.3 Å². The van der Waals surface area contributed by atoms with Gasteiger partial charge < -0.3 is 0 Å². The quantitative estimate of drug-likeness (QED) is 0.519. The number of hydrogen-bond acceptors (Lipinski definition) is 4. The summed E-state index contributed by atoms with van der Waals surface area (Å²) in [4.78, 5) is 23.8. The number of carbonyl (C=O) groups excluding carboxylic acids is 1. The molecular weight excluding hydrogens is 344 g/mol. The van der Waals surface area contributed by atoms with Crippen LogP contribution in [0.1, 0.15) is 15.9 Å². The molecule has 0 saturated heterocycles. The van der Waals surface area contributed by atoms with E-state index in [-0.39, 0.29) is 5.91 Å². The van der Waals surface area contributed by atoms with Gasteiger partial charge in [0.2, 0.25) is 0 Å². The van der Waals surface area contributed by atoms with Crippen LogP contribution < -0.4 is 5.48 Å². The number of amides is 1. The number of fused-ring (bicyclic) bond motifs is 1. The summed E-state index contributed by atoms with van der Waals surface area (Å²) in [6, 6.07) is 23.1. The van der Waals surface area contributed by atoms with Crippen LogP contribution in [0.25, 0.3) is 21.5 Å². The molecule has 128 valence electrons. The number of hydroxylamine groups is 1. The highest BCUT2D eigenvalue weighted by Gasteiger charge is 2.14.